The number of hydrogen-bond acceptors (Lipinski definition) is 2. The summed E-state index contributed by atoms with van der Waals surface area (Å²) in [5.41, 5.74) is 1.03. The van der Waals surface area contributed by atoms with Crippen molar-refractivity contribution in [3.05, 3.63) is 70.8 Å². The molecule has 3 rings (SSSR count). The maximum Gasteiger partial charge on any atom is 0.141 e. The lowest BCUT2D eigenvalue weighted by Crippen LogP contribution is -2.59. The largest absolute Gasteiger partial charge is 0.388 e. The number of β-amino-alcohol motifs (C(OH)–C–C–N with tert-alkyl or cyclic N) is 1. The molecule has 1 saturated heterocycles. The van der Waals surface area contributed by atoms with Crippen LogP contribution in [0.3, 0.4) is 0 Å². The number of nitrogens with zero attached hydrogens (tertiary/aromatic N) is 1. The fourth-order valence-electron chi connectivity index (χ4n) is 2.73. The highest BCUT2D eigenvalue weighted by molar-refractivity contribution is 5.44. The third-order valence-electron chi connectivity index (χ3n) is 3.78. The van der Waals surface area contributed by atoms with E-state index in [0.717, 1.165) is 12.1 Å². The Morgan fingerprint density at radius 3 is 2.22 bits per heavy atom. The van der Waals surface area contributed by atoms with Crippen LogP contribution in [0.2, 0.25) is 0 Å². The van der Waals surface area contributed by atoms with E-state index in [1.54, 1.807) is 0 Å². The van der Waals surface area contributed by atoms with E-state index in [1.165, 1.54) is 18.2 Å². The predicted molar refractivity (Wildman–Crippen MR) is 84.7 cm³/mol. The van der Waals surface area contributed by atoms with Gasteiger partial charge < -0.3 is 5.11 Å². The van der Waals surface area contributed by atoms with Crippen molar-refractivity contribution in [1.82, 2.24) is 4.90 Å². The maximum atomic E-state index is 13.5. The van der Waals surface area contributed by atoms with Crippen LogP contribution in [0.5, 0.6) is 0 Å². The molecule has 0 aromatic heterocycles. The normalized spacial score (nSPS) is 16.3. The minimum atomic E-state index is -0.654. The molecule has 4 heteroatoms. The van der Waals surface area contributed by atoms with E-state index in [2.05, 4.69) is 16.7 Å². The van der Waals surface area contributed by atoms with E-state index in [1.807, 2.05) is 31.2 Å². The summed E-state index contributed by atoms with van der Waals surface area (Å²) in [5.74, 6) is 4.02. The number of aliphatic hydroxyl groups is 1. The van der Waals surface area contributed by atoms with Gasteiger partial charge in [-0.25, -0.2) is 8.78 Å². The first-order chi connectivity index (χ1) is 10.9. The van der Waals surface area contributed by atoms with Crippen molar-refractivity contribution in [2.45, 2.75) is 19.1 Å². The summed E-state index contributed by atoms with van der Waals surface area (Å²) in [7, 11) is 0. The molecule has 1 aliphatic heterocycles. The Kier molecular flexibility index (Phi) is 4.16. The van der Waals surface area contributed by atoms with E-state index < -0.39 is 17.2 Å². The van der Waals surface area contributed by atoms with Crippen LogP contribution >= 0.6 is 0 Å². The fraction of sp³-hybridized carbons (Fsp3) is 0.263. The fourth-order valence-corrected chi connectivity index (χ4v) is 2.73. The summed E-state index contributed by atoms with van der Waals surface area (Å²) >= 11 is 0. The van der Waals surface area contributed by atoms with Gasteiger partial charge >= 0.3 is 0 Å². The summed E-state index contributed by atoms with van der Waals surface area (Å²) in [5, 5.41) is 9.71. The summed E-state index contributed by atoms with van der Waals surface area (Å²) in [6.45, 7) is 3.93. The Labute approximate surface area is 134 Å². The Balaban J connectivity index is 1.68. The van der Waals surface area contributed by atoms with Gasteiger partial charge in [0.25, 0.3) is 0 Å². The topological polar surface area (TPSA) is 23.5 Å². The molecule has 0 saturated carbocycles. The third-order valence-corrected chi connectivity index (χ3v) is 3.78. The van der Waals surface area contributed by atoms with Gasteiger partial charge in [-0.15, -0.1) is 0 Å². The van der Waals surface area contributed by atoms with E-state index in [0.29, 0.717) is 18.7 Å². The van der Waals surface area contributed by atoms with Crippen LogP contribution in [0, 0.1) is 23.5 Å². The molecule has 2 nitrogen and oxygen atoms in total. The van der Waals surface area contributed by atoms with Gasteiger partial charge in [-0.1, -0.05) is 30.0 Å². The minimum absolute atomic E-state index is 0.209. The van der Waals surface area contributed by atoms with Gasteiger partial charge in [-0.05, 0) is 36.8 Å². The highest BCUT2D eigenvalue weighted by atomic mass is 19.1. The van der Waals surface area contributed by atoms with Crippen LogP contribution in [0.4, 0.5) is 8.78 Å². The average Bonchev–Trinajstić information content (AvgIpc) is 2.46. The van der Waals surface area contributed by atoms with Crippen molar-refractivity contribution >= 4 is 0 Å². The molecule has 1 N–H and O–H groups in total. The van der Waals surface area contributed by atoms with Crippen LogP contribution in [0.15, 0.2) is 42.5 Å². The number of halogens is 2. The van der Waals surface area contributed by atoms with Gasteiger partial charge in [0.15, 0.2) is 0 Å². The molecule has 0 atom stereocenters. The van der Waals surface area contributed by atoms with Crippen molar-refractivity contribution in [2.24, 2.45) is 0 Å². The van der Waals surface area contributed by atoms with Gasteiger partial charge in [0.2, 0.25) is 0 Å². The lowest BCUT2D eigenvalue weighted by molar-refractivity contribution is -0.0871. The molecule has 0 unspecified atom stereocenters. The van der Waals surface area contributed by atoms with E-state index in [-0.39, 0.29) is 5.56 Å². The Morgan fingerprint density at radius 2 is 1.65 bits per heavy atom. The predicted octanol–water partition coefficient (Wildman–Crippen LogP) is 2.93. The molecule has 2 aromatic rings. The second-order valence-corrected chi connectivity index (χ2v) is 6.19. The lowest BCUT2D eigenvalue weighted by Gasteiger charge is -2.44. The SMILES string of the molecule is CC1(O)CN(Cc2ccc(C#Cc3c(F)cccc3F)cc2)C1. The Morgan fingerprint density at radius 1 is 1.04 bits per heavy atom. The van der Waals surface area contributed by atoms with Crippen molar-refractivity contribution in [1.29, 1.82) is 0 Å². The van der Waals surface area contributed by atoms with Gasteiger partial charge in [0.05, 0.1) is 11.2 Å². The minimum Gasteiger partial charge on any atom is -0.388 e. The highest BCUT2D eigenvalue weighted by Crippen LogP contribution is 2.22. The zero-order chi connectivity index (χ0) is 16.4. The van der Waals surface area contributed by atoms with Crippen molar-refractivity contribution in [2.75, 3.05) is 13.1 Å². The van der Waals surface area contributed by atoms with E-state index in [4.69, 9.17) is 0 Å². The number of rotatable bonds is 2. The quantitative estimate of drug-likeness (QED) is 0.862. The molecule has 1 heterocycles. The second-order valence-electron chi connectivity index (χ2n) is 6.19. The van der Waals surface area contributed by atoms with Crippen LogP contribution in [0.25, 0.3) is 0 Å². The zero-order valence-electron chi connectivity index (χ0n) is 12.8. The molecule has 23 heavy (non-hydrogen) atoms. The summed E-state index contributed by atoms with van der Waals surface area (Å²) in [6.07, 6.45) is 0. The Bertz CT molecular complexity index is 744. The van der Waals surface area contributed by atoms with E-state index >= 15 is 0 Å². The first kappa shape index (κ1) is 15.7. The lowest BCUT2D eigenvalue weighted by atomic mass is 9.96. The van der Waals surface area contributed by atoms with Gasteiger partial charge in [-0.3, -0.25) is 4.90 Å². The monoisotopic (exact) mass is 313 g/mol. The van der Waals surface area contributed by atoms with Crippen LogP contribution in [-0.4, -0.2) is 28.7 Å². The van der Waals surface area contributed by atoms with E-state index in [9.17, 15) is 13.9 Å². The molecule has 0 aliphatic carbocycles. The number of hydrogen-bond donors (Lipinski definition) is 1. The van der Waals surface area contributed by atoms with Crippen molar-refractivity contribution in [3.63, 3.8) is 0 Å². The number of benzene rings is 2. The average molecular weight is 313 g/mol. The summed E-state index contributed by atoms with van der Waals surface area (Å²) in [4.78, 5) is 2.15. The third kappa shape index (κ3) is 3.76. The maximum absolute atomic E-state index is 13.5. The second kappa shape index (κ2) is 6.11. The van der Waals surface area contributed by atoms with Crippen LogP contribution in [0.1, 0.15) is 23.6 Å². The zero-order valence-corrected chi connectivity index (χ0v) is 12.8. The molecular weight excluding hydrogens is 296 g/mol. The molecule has 1 fully saturated rings. The van der Waals surface area contributed by atoms with Crippen LogP contribution < -0.4 is 0 Å². The molecule has 0 amide bonds. The van der Waals surface area contributed by atoms with Crippen molar-refractivity contribution in [3.8, 4) is 11.8 Å². The standard InChI is InChI=1S/C19H17F2NO/c1-19(23)12-22(13-19)11-15-7-5-14(6-8-15)9-10-16-17(20)3-2-4-18(16)21/h2-8,23H,11-13H2,1H3. The first-order valence-electron chi connectivity index (χ1n) is 7.43. The molecule has 1 aliphatic rings. The number of likely N-dealkylation sites (tertiary alicyclic amines) is 1. The molecule has 0 bridgehead atoms. The first-order valence-corrected chi connectivity index (χ1v) is 7.43. The van der Waals surface area contributed by atoms with Gasteiger partial charge in [0, 0.05) is 25.2 Å². The molecule has 0 spiro atoms. The van der Waals surface area contributed by atoms with Gasteiger partial charge in [-0.2, -0.15) is 0 Å². The van der Waals surface area contributed by atoms with Gasteiger partial charge in [0.1, 0.15) is 11.6 Å². The molecular formula is C19H17F2NO. The molecule has 2 aromatic carbocycles. The highest BCUT2D eigenvalue weighted by Gasteiger charge is 2.35. The summed E-state index contributed by atoms with van der Waals surface area (Å²) in [6, 6.07) is 11.2. The summed E-state index contributed by atoms with van der Waals surface area (Å²) < 4.78 is 27.0. The molecule has 0 radical (unpaired) electrons. The van der Waals surface area contributed by atoms with Crippen LogP contribution in [-0.2, 0) is 6.54 Å². The smallest absolute Gasteiger partial charge is 0.141 e. The van der Waals surface area contributed by atoms with Crippen molar-refractivity contribution < 1.29 is 13.9 Å². The Hall–Kier alpha value is -2.22. The molecule has 118 valence electrons.